The van der Waals surface area contributed by atoms with E-state index in [0.717, 1.165) is 39.1 Å². The predicted molar refractivity (Wildman–Crippen MR) is 98.3 cm³/mol. The zero-order chi connectivity index (χ0) is 15.9. The average molecular weight is 340 g/mol. The maximum absolute atomic E-state index is 12.2. The minimum Gasteiger partial charge on any atom is -0.340 e. The molecule has 0 bridgehead atoms. The van der Waals surface area contributed by atoms with E-state index in [1.807, 2.05) is 4.90 Å². The molecule has 0 aliphatic carbocycles. The smallest absolute Gasteiger partial charge is 0.223 e. The molecule has 2 rings (SSSR count). The lowest BCUT2D eigenvalue weighted by molar-refractivity contribution is -0.132. The Balaban J connectivity index is 0.00000264. The van der Waals surface area contributed by atoms with Gasteiger partial charge in [0.15, 0.2) is 0 Å². The molecule has 1 fully saturated rings. The van der Waals surface area contributed by atoms with Crippen LogP contribution in [-0.4, -0.2) is 61.5 Å². The molecule has 1 aromatic carbocycles. The van der Waals surface area contributed by atoms with Gasteiger partial charge in [0.1, 0.15) is 0 Å². The highest BCUT2D eigenvalue weighted by atomic mass is 35.5. The summed E-state index contributed by atoms with van der Waals surface area (Å²) in [5, 5.41) is 3.28. The molecule has 0 saturated carbocycles. The highest BCUT2D eigenvalue weighted by molar-refractivity contribution is 5.85. The van der Waals surface area contributed by atoms with Crippen LogP contribution in [0.5, 0.6) is 0 Å². The predicted octanol–water partition coefficient (Wildman–Crippen LogP) is 2.10. The Morgan fingerprint density at radius 3 is 2.48 bits per heavy atom. The summed E-state index contributed by atoms with van der Waals surface area (Å²) in [6, 6.07) is 9.17. The van der Waals surface area contributed by atoms with Crippen LogP contribution in [0.15, 0.2) is 24.3 Å². The Morgan fingerprint density at radius 1 is 1.26 bits per heavy atom. The van der Waals surface area contributed by atoms with Crippen LogP contribution in [0.4, 0.5) is 0 Å². The number of amides is 1. The van der Waals surface area contributed by atoms with E-state index in [9.17, 15) is 4.79 Å². The minimum atomic E-state index is 0. The number of benzene rings is 1. The number of piperazine rings is 1. The summed E-state index contributed by atoms with van der Waals surface area (Å²) >= 11 is 0. The molecule has 4 nitrogen and oxygen atoms in total. The van der Waals surface area contributed by atoms with E-state index in [1.165, 1.54) is 11.1 Å². The first-order chi connectivity index (χ1) is 10.6. The lowest BCUT2D eigenvalue weighted by Gasteiger charge is -2.29. The van der Waals surface area contributed by atoms with E-state index in [-0.39, 0.29) is 18.3 Å². The topological polar surface area (TPSA) is 35.6 Å². The maximum Gasteiger partial charge on any atom is 0.223 e. The fourth-order valence-corrected chi connectivity index (χ4v) is 2.79. The Kier molecular flexibility index (Phi) is 8.59. The van der Waals surface area contributed by atoms with E-state index in [0.29, 0.717) is 12.5 Å². The average Bonchev–Trinajstić information content (AvgIpc) is 2.55. The molecule has 1 heterocycles. The molecule has 1 aliphatic rings. The minimum absolute atomic E-state index is 0. The molecule has 1 atom stereocenters. The van der Waals surface area contributed by atoms with Crippen LogP contribution in [0.1, 0.15) is 24.5 Å². The number of hydrogen-bond donors (Lipinski definition) is 1. The number of carbonyl (C=O) groups is 1. The Labute approximate surface area is 146 Å². The zero-order valence-electron chi connectivity index (χ0n) is 14.5. The van der Waals surface area contributed by atoms with E-state index in [4.69, 9.17) is 0 Å². The monoisotopic (exact) mass is 339 g/mol. The van der Waals surface area contributed by atoms with Gasteiger partial charge in [0.25, 0.3) is 0 Å². The lowest BCUT2D eigenvalue weighted by Crippen LogP contribution is -2.47. The van der Waals surface area contributed by atoms with Crippen molar-refractivity contribution in [3.63, 3.8) is 0 Å². The van der Waals surface area contributed by atoms with Gasteiger partial charge in [0.05, 0.1) is 0 Å². The highest BCUT2D eigenvalue weighted by Gasteiger charge is 2.17. The number of hydrogen-bond acceptors (Lipinski definition) is 3. The second-order valence-electron chi connectivity index (χ2n) is 6.40. The SMILES string of the molecule is Cc1ccc(CC(C)N(C)CCC(=O)N2CCNCC2)cc1.Cl. The second-order valence-corrected chi connectivity index (χ2v) is 6.40. The van der Waals surface area contributed by atoms with Crippen molar-refractivity contribution < 1.29 is 4.79 Å². The third kappa shape index (κ3) is 6.50. The summed E-state index contributed by atoms with van der Waals surface area (Å²) in [4.78, 5) is 16.5. The van der Waals surface area contributed by atoms with Crippen LogP contribution in [-0.2, 0) is 11.2 Å². The quantitative estimate of drug-likeness (QED) is 0.862. The van der Waals surface area contributed by atoms with Crippen molar-refractivity contribution in [2.75, 3.05) is 39.8 Å². The van der Waals surface area contributed by atoms with Gasteiger partial charge in [0.2, 0.25) is 5.91 Å². The molecule has 1 amide bonds. The van der Waals surface area contributed by atoms with Gasteiger partial charge in [-0.25, -0.2) is 0 Å². The van der Waals surface area contributed by atoms with Gasteiger partial charge in [-0.15, -0.1) is 12.4 Å². The molecule has 1 aromatic rings. The normalized spacial score (nSPS) is 16.1. The first-order valence-corrected chi connectivity index (χ1v) is 8.30. The highest BCUT2D eigenvalue weighted by Crippen LogP contribution is 2.10. The third-order valence-electron chi connectivity index (χ3n) is 4.55. The largest absolute Gasteiger partial charge is 0.340 e. The number of nitrogens with one attached hydrogen (secondary N) is 1. The number of nitrogens with zero attached hydrogens (tertiary/aromatic N) is 2. The molecule has 130 valence electrons. The summed E-state index contributed by atoms with van der Waals surface area (Å²) in [5.41, 5.74) is 2.66. The van der Waals surface area contributed by atoms with Crippen LogP contribution < -0.4 is 5.32 Å². The van der Waals surface area contributed by atoms with Crippen molar-refractivity contribution in [3.8, 4) is 0 Å². The van der Waals surface area contributed by atoms with Crippen molar-refractivity contribution in [2.24, 2.45) is 0 Å². The molecule has 23 heavy (non-hydrogen) atoms. The number of aryl methyl sites for hydroxylation is 1. The summed E-state index contributed by atoms with van der Waals surface area (Å²) < 4.78 is 0. The number of rotatable bonds is 6. The first kappa shape index (κ1) is 19.9. The number of likely N-dealkylation sites (N-methyl/N-ethyl adjacent to an activating group) is 1. The number of carbonyl (C=O) groups excluding carboxylic acids is 1. The van der Waals surface area contributed by atoms with Crippen LogP contribution >= 0.6 is 12.4 Å². The number of halogens is 1. The van der Waals surface area contributed by atoms with Crippen molar-refractivity contribution in [1.82, 2.24) is 15.1 Å². The van der Waals surface area contributed by atoms with Crippen molar-refractivity contribution in [2.45, 2.75) is 32.7 Å². The standard InChI is InChI=1S/C18H29N3O.ClH/c1-15-4-6-17(7-5-15)14-16(2)20(3)11-8-18(22)21-12-9-19-10-13-21;/h4-7,16,19H,8-14H2,1-3H3;1H. The van der Waals surface area contributed by atoms with Gasteiger partial charge < -0.3 is 15.1 Å². The zero-order valence-corrected chi connectivity index (χ0v) is 15.4. The van der Waals surface area contributed by atoms with Crippen LogP contribution in [0.3, 0.4) is 0 Å². The van der Waals surface area contributed by atoms with E-state index >= 15 is 0 Å². The second kappa shape index (κ2) is 9.91. The molecular weight excluding hydrogens is 310 g/mol. The summed E-state index contributed by atoms with van der Waals surface area (Å²) in [7, 11) is 2.11. The molecule has 0 spiro atoms. The molecule has 1 N–H and O–H groups in total. The Bertz CT molecular complexity index is 472. The third-order valence-corrected chi connectivity index (χ3v) is 4.55. The Hall–Kier alpha value is -1.10. The molecular formula is C18H30ClN3O. The van der Waals surface area contributed by atoms with Crippen molar-refractivity contribution >= 4 is 18.3 Å². The molecule has 1 unspecified atom stereocenters. The summed E-state index contributed by atoms with van der Waals surface area (Å²) in [6.07, 6.45) is 1.65. The summed E-state index contributed by atoms with van der Waals surface area (Å²) in [6.45, 7) is 8.71. The first-order valence-electron chi connectivity index (χ1n) is 8.30. The van der Waals surface area contributed by atoms with Gasteiger partial charge in [-0.05, 0) is 32.9 Å². The van der Waals surface area contributed by atoms with E-state index < -0.39 is 0 Å². The molecule has 0 radical (unpaired) electrons. The van der Waals surface area contributed by atoms with Crippen LogP contribution in [0, 0.1) is 6.92 Å². The lowest BCUT2D eigenvalue weighted by atomic mass is 10.0. The molecule has 1 saturated heterocycles. The van der Waals surface area contributed by atoms with Gasteiger partial charge in [-0.2, -0.15) is 0 Å². The maximum atomic E-state index is 12.2. The van der Waals surface area contributed by atoms with Gasteiger partial charge in [-0.1, -0.05) is 29.8 Å². The van der Waals surface area contributed by atoms with E-state index in [2.05, 4.69) is 55.4 Å². The fraction of sp³-hybridized carbons (Fsp3) is 0.611. The van der Waals surface area contributed by atoms with Gasteiger partial charge >= 0.3 is 0 Å². The van der Waals surface area contributed by atoms with Crippen molar-refractivity contribution in [1.29, 1.82) is 0 Å². The van der Waals surface area contributed by atoms with Crippen LogP contribution in [0.2, 0.25) is 0 Å². The van der Waals surface area contributed by atoms with Gasteiger partial charge in [-0.3, -0.25) is 4.79 Å². The Morgan fingerprint density at radius 2 is 1.87 bits per heavy atom. The molecule has 1 aliphatic heterocycles. The molecule has 0 aromatic heterocycles. The fourth-order valence-electron chi connectivity index (χ4n) is 2.79. The van der Waals surface area contributed by atoms with E-state index in [1.54, 1.807) is 0 Å². The molecule has 5 heteroatoms. The summed E-state index contributed by atoms with van der Waals surface area (Å²) in [5.74, 6) is 0.288. The van der Waals surface area contributed by atoms with Gasteiger partial charge in [0, 0.05) is 45.2 Å². The van der Waals surface area contributed by atoms with Crippen LogP contribution in [0.25, 0.3) is 0 Å². The van der Waals surface area contributed by atoms with Crippen molar-refractivity contribution in [3.05, 3.63) is 35.4 Å².